The zero-order valence-electron chi connectivity index (χ0n) is 11.3. The lowest BCUT2D eigenvalue weighted by Gasteiger charge is -2.12. The Morgan fingerprint density at radius 2 is 2.10 bits per heavy atom. The van der Waals surface area contributed by atoms with Crippen LogP contribution in [-0.2, 0) is 14.8 Å². The van der Waals surface area contributed by atoms with Crippen molar-refractivity contribution in [1.82, 2.24) is 4.72 Å². The molecule has 1 rings (SSSR count). The van der Waals surface area contributed by atoms with Gasteiger partial charge in [0, 0.05) is 20.1 Å². The lowest BCUT2D eigenvalue weighted by molar-refractivity contribution is -0.114. The third-order valence-electron chi connectivity index (χ3n) is 2.42. The molecular weight excluding hydrogens is 284 g/mol. The quantitative estimate of drug-likeness (QED) is 0.629. The lowest BCUT2D eigenvalue weighted by Crippen LogP contribution is -2.25. The Labute approximate surface area is 118 Å². The molecule has 0 aromatic heterocycles. The summed E-state index contributed by atoms with van der Waals surface area (Å²) < 4.78 is 31.4. The Kier molecular flexibility index (Phi) is 5.93. The first-order chi connectivity index (χ1) is 9.40. The van der Waals surface area contributed by atoms with Crippen LogP contribution in [0.15, 0.2) is 23.1 Å². The number of carbonyl (C=O) groups is 1. The Balaban J connectivity index is 3.04. The summed E-state index contributed by atoms with van der Waals surface area (Å²) in [5, 5.41) is 11.2. The van der Waals surface area contributed by atoms with Crippen LogP contribution in [-0.4, -0.2) is 39.7 Å². The van der Waals surface area contributed by atoms with E-state index in [0.717, 1.165) is 0 Å². The molecule has 8 heteroatoms. The summed E-state index contributed by atoms with van der Waals surface area (Å²) in [6, 6.07) is 4.17. The van der Waals surface area contributed by atoms with Crippen molar-refractivity contribution >= 4 is 21.6 Å². The first-order valence-corrected chi connectivity index (χ1v) is 7.45. The highest BCUT2D eigenvalue weighted by Gasteiger charge is 2.16. The molecule has 0 spiro atoms. The van der Waals surface area contributed by atoms with Gasteiger partial charge in [0.1, 0.15) is 5.75 Å². The molecule has 0 unspecified atom stereocenters. The van der Waals surface area contributed by atoms with Crippen LogP contribution in [0.3, 0.4) is 0 Å². The second kappa shape index (κ2) is 7.22. The highest BCUT2D eigenvalue weighted by Crippen LogP contribution is 2.27. The fraction of sp³-hybridized carbons (Fsp3) is 0.417. The van der Waals surface area contributed by atoms with Crippen LogP contribution < -0.4 is 14.8 Å². The standard InChI is InChI=1S/C12H18N2O5S/c1-9(16)14-11-8-10(4-5-12(11)19-2)20(17,18)13-6-3-7-15/h4-5,8,13,15H,3,6-7H2,1-2H3,(H,14,16). The summed E-state index contributed by atoms with van der Waals surface area (Å²) in [6.07, 6.45) is 0.327. The van der Waals surface area contributed by atoms with E-state index in [-0.39, 0.29) is 29.6 Å². The molecule has 1 aromatic carbocycles. The van der Waals surface area contributed by atoms with Crippen molar-refractivity contribution in [3.63, 3.8) is 0 Å². The van der Waals surface area contributed by atoms with Crippen molar-refractivity contribution in [2.24, 2.45) is 0 Å². The zero-order valence-corrected chi connectivity index (χ0v) is 12.2. The largest absolute Gasteiger partial charge is 0.495 e. The smallest absolute Gasteiger partial charge is 0.240 e. The Hall–Kier alpha value is -1.64. The third kappa shape index (κ3) is 4.48. The third-order valence-corrected chi connectivity index (χ3v) is 3.88. The number of hydrogen-bond donors (Lipinski definition) is 3. The molecule has 0 saturated carbocycles. The highest BCUT2D eigenvalue weighted by molar-refractivity contribution is 7.89. The van der Waals surface area contributed by atoms with Crippen molar-refractivity contribution in [2.45, 2.75) is 18.2 Å². The summed E-state index contributed by atoms with van der Waals surface area (Å²) in [5.74, 6) is 0.0422. The van der Waals surface area contributed by atoms with Gasteiger partial charge in [-0.3, -0.25) is 4.79 Å². The van der Waals surface area contributed by atoms with Gasteiger partial charge in [0.05, 0.1) is 17.7 Å². The molecule has 0 fully saturated rings. The van der Waals surface area contributed by atoms with Gasteiger partial charge in [-0.2, -0.15) is 0 Å². The van der Waals surface area contributed by atoms with Gasteiger partial charge in [-0.15, -0.1) is 0 Å². The zero-order chi connectivity index (χ0) is 15.2. The molecule has 7 nitrogen and oxygen atoms in total. The van der Waals surface area contributed by atoms with Crippen LogP contribution in [0.4, 0.5) is 5.69 Å². The molecular formula is C12H18N2O5S. The van der Waals surface area contributed by atoms with Crippen LogP contribution in [0, 0.1) is 0 Å². The molecule has 0 heterocycles. The van der Waals surface area contributed by atoms with Crippen molar-refractivity contribution in [3.8, 4) is 5.75 Å². The van der Waals surface area contributed by atoms with E-state index in [1.165, 1.54) is 32.2 Å². The molecule has 0 aliphatic rings. The van der Waals surface area contributed by atoms with Gasteiger partial charge in [-0.25, -0.2) is 13.1 Å². The number of aliphatic hydroxyl groups is 1. The number of aliphatic hydroxyl groups excluding tert-OH is 1. The Morgan fingerprint density at radius 1 is 1.40 bits per heavy atom. The topological polar surface area (TPSA) is 105 Å². The Morgan fingerprint density at radius 3 is 2.65 bits per heavy atom. The first kappa shape index (κ1) is 16.4. The van der Waals surface area contributed by atoms with Crippen LogP contribution >= 0.6 is 0 Å². The number of sulfonamides is 1. The lowest BCUT2D eigenvalue weighted by atomic mass is 10.3. The van der Waals surface area contributed by atoms with Gasteiger partial charge in [-0.05, 0) is 24.6 Å². The van der Waals surface area contributed by atoms with Gasteiger partial charge in [0.25, 0.3) is 0 Å². The number of nitrogens with one attached hydrogen (secondary N) is 2. The van der Waals surface area contributed by atoms with Gasteiger partial charge in [0.2, 0.25) is 15.9 Å². The maximum Gasteiger partial charge on any atom is 0.240 e. The number of hydrogen-bond acceptors (Lipinski definition) is 5. The second-order valence-electron chi connectivity index (χ2n) is 4.02. The average molecular weight is 302 g/mol. The molecule has 0 atom stereocenters. The monoisotopic (exact) mass is 302 g/mol. The molecule has 0 radical (unpaired) electrons. The second-order valence-corrected chi connectivity index (χ2v) is 5.79. The molecule has 1 aromatic rings. The van der Waals surface area contributed by atoms with E-state index in [1.54, 1.807) is 0 Å². The molecule has 3 N–H and O–H groups in total. The van der Waals surface area contributed by atoms with Crippen molar-refractivity contribution in [2.75, 3.05) is 25.6 Å². The van der Waals surface area contributed by atoms with Gasteiger partial charge in [-0.1, -0.05) is 0 Å². The number of ether oxygens (including phenoxy) is 1. The summed E-state index contributed by atoms with van der Waals surface area (Å²) in [4.78, 5) is 11.1. The van der Waals surface area contributed by atoms with Crippen molar-refractivity contribution in [3.05, 3.63) is 18.2 Å². The van der Waals surface area contributed by atoms with E-state index in [0.29, 0.717) is 12.2 Å². The van der Waals surface area contributed by atoms with Crippen LogP contribution in [0.5, 0.6) is 5.75 Å². The number of benzene rings is 1. The molecule has 20 heavy (non-hydrogen) atoms. The van der Waals surface area contributed by atoms with Gasteiger partial charge >= 0.3 is 0 Å². The molecule has 0 bridgehead atoms. The minimum absolute atomic E-state index is 0.0139. The van der Waals surface area contributed by atoms with Gasteiger partial charge in [0.15, 0.2) is 0 Å². The molecule has 1 amide bonds. The van der Waals surface area contributed by atoms with E-state index in [1.807, 2.05) is 0 Å². The van der Waals surface area contributed by atoms with Crippen molar-refractivity contribution < 1.29 is 23.1 Å². The van der Waals surface area contributed by atoms with E-state index < -0.39 is 10.0 Å². The highest BCUT2D eigenvalue weighted by atomic mass is 32.2. The SMILES string of the molecule is COc1ccc(S(=O)(=O)NCCCO)cc1NC(C)=O. The van der Waals surface area contributed by atoms with Crippen LogP contribution in [0.25, 0.3) is 0 Å². The number of rotatable bonds is 7. The summed E-state index contributed by atoms with van der Waals surface area (Å²) in [6.45, 7) is 1.36. The minimum atomic E-state index is -3.68. The van der Waals surface area contributed by atoms with E-state index in [2.05, 4.69) is 10.0 Å². The van der Waals surface area contributed by atoms with Crippen molar-refractivity contribution in [1.29, 1.82) is 0 Å². The minimum Gasteiger partial charge on any atom is -0.495 e. The van der Waals surface area contributed by atoms with E-state index in [9.17, 15) is 13.2 Å². The number of anilines is 1. The molecule has 0 saturated heterocycles. The van der Waals surface area contributed by atoms with E-state index in [4.69, 9.17) is 9.84 Å². The van der Waals surface area contributed by atoms with Gasteiger partial charge < -0.3 is 15.2 Å². The molecule has 112 valence electrons. The number of amides is 1. The average Bonchev–Trinajstić information content (AvgIpc) is 2.38. The van der Waals surface area contributed by atoms with Crippen LogP contribution in [0.2, 0.25) is 0 Å². The molecule has 0 aliphatic carbocycles. The fourth-order valence-electron chi connectivity index (χ4n) is 1.51. The Bertz CT molecular complexity index is 571. The predicted molar refractivity (Wildman–Crippen MR) is 74.2 cm³/mol. The summed E-state index contributed by atoms with van der Waals surface area (Å²) >= 11 is 0. The van der Waals surface area contributed by atoms with Crippen LogP contribution in [0.1, 0.15) is 13.3 Å². The summed E-state index contributed by atoms with van der Waals surface area (Å²) in [5.41, 5.74) is 0.282. The normalized spacial score (nSPS) is 11.2. The number of carbonyl (C=O) groups excluding carboxylic acids is 1. The number of methoxy groups -OCH3 is 1. The fourth-order valence-corrected chi connectivity index (χ4v) is 2.61. The maximum atomic E-state index is 12.0. The first-order valence-electron chi connectivity index (χ1n) is 5.97. The summed E-state index contributed by atoms with van der Waals surface area (Å²) in [7, 11) is -2.26. The molecule has 0 aliphatic heterocycles. The predicted octanol–water partition coefficient (Wildman–Crippen LogP) is 0.314. The van der Waals surface area contributed by atoms with E-state index >= 15 is 0 Å². The maximum absolute atomic E-state index is 12.0.